The van der Waals surface area contributed by atoms with Crippen LogP contribution in [0, 0.1) is 0 Å². The molecule has 240 valence electrons. The molecular weight excluding hydrogens is 681 g/mol. The molecule has 0 bridgehead atoms. The molecule has 1 unspecified atom stereocenters. The number of nitrogens with zero attached hydrogens (tertiary/aromatic N) is 3. The van der Waals surface area contributed by atoms with E-state index in [0.717, 1.165) is 38.1 Å². The average Bonchev–Trinajstić information content (AvgIpc) is 3.61. The topological polar surface area (TPSA) is 65.6 Å². The minimum Gasteiger partial charge on any atom is -0.463 e. The zero-order valence-electron chi connectivity index (χ0n) is 26.0. The van der Waals surface area contributed by atoms with Crippen molar-refractivity contribution in [3.05, 3.63) is 161 Å². The van der Waals surface area contributed by atoms with Crippen molar-refractivity contribution in [3.8, 4) is 0 Å². The first-order chi connectivity index (χ1) is 23.4. The zero-order chi connectivity index (χ0) is 33.4. The molecule has 1 aliphatic heterocycles. The predicted octanol–water partition coefficient (Wildman–Crippen LogP) is 7.97. The van der Waals surface area contributed by atoms with E-state index in [4.69, 9.17) is 32.9 Å². The van der Waals surface area contributed by atoms with Gasteiger partial charge in [0, 0.05) is 49.7 Å². The number of halogens is 2. The lowest BCUT2D eigenvalue weighted by atomic mass is 9.93. The summed E-state index contributed by atoms with van der Waals surface area (Å²) in [6.45, 7) is 2.49. The number of rotatable bonds is 8. The molecule has 6 aromatic rings. The van der Waals surface area contributed by atoms with Crippen molar-refractivity contribution < 1.29 is 9.53 Å². The predicted molar refractivity (Wildman–Crippen MR) is 197 cm³/mol. The molecule has 48 heavy (non-hydrogen) atoms. The molecule has 10 heteroatoms. The fraction of sp³-hybridized carbons (Fsp3) is 0.132. The Kier molecular flexibility index (Phi) is 9.16. The zero-order valence-corrected chi connectivity index (χ0v) is 29.2. The van der Waals surface area contributed by atoms with Crippen molar-refractivity contribution in [3.63, 3.8) is 0 Å². The lowest BCUT2D eigenvalue weighted by Crippen LogP contribution is -2.40. The fourth-order valence-corrected chi connectivity index (χ4v) is 7.91. The highest BCUT2D eigenvalue weighted by Crippen LogP contribution is 2.36. The Morgan fingerprint density at radius 2 is 1.75 bits per heavy atom. The summed E-state index contributed by atoms with van der Waals surface area (Å²) in [5.41, 5.74) is 4.98. The van der Waals surface area contributed by atoms with Crippen molar-refractivity contribution in [1.29, 1.82) is 0 Å². The first kappa shape index (κ1) is 32.2. The molecule has 1 atom stereocenters. The number of esters is 1. The number of thioether (sulfide) groups is 1. The second kappa shape index (κ2) is 13.6. The summed E-state index contributed by atoms with van der Waals surface area (Å²) in [5, 5.41) is 2.17. The van der Waals surface area contributed by atoms with Crippen LogP contribution in [0.1, 0.15) is 35.2 Å². The van der Waals surface area contributed by atoms with Gasteiger partial charge < -0.3 is 9.30 Å². The highest BCUT2D eigenvalue weighted by Gasteiger charge is 2.35. The number of thiazole rings is 1. The van der Waals surface area contributed by atoms with E-state index in [1.807, 2.05) is 110 Å². The maximum absolute atomic E-state index is 14.5. The van der Waals surface area contributed by atoms with Crippen LogP contribution in [0.2, 0.25) is 10.0 Å². The van der Waals surface area contributed by atoms with Gasteiger partial charge in [0.1, 0.15) is 0 Å². The number of carbonyl (C=O) groups is 1. The number of hydrogen-bond acceptors (Lipinski definition) is 6. The maximum atomic E-state index is 14.5. The number of benzene rings is 4. The van der Waals surface area contributed by atoms with Gasteiger partial charge in [-0.15, -0.1) is 11.8 Å². The first-order valence-electron chi connectivity index (χ1n) is 15.3. The molecule has 3 heterocycles. The third kappa shape index (κ3) is 6.05. The standard InChI is InChI=1S/C38H29Cl2N3O3S2/c1-3-46-37(45)33-34(23-9-5-4-6-10-23)41-38-43(35(33)24-14-17-28(47-2)18-15-24)36(44)32(48-38)19-26-22-42(31-12-8-7-11-29(26)31)21-25-13-16-27(39)20-30(25)40/h4-20,22,35H,3,21H2,1-2H3/b32-19+. The average molecular weight is 711 g/mol. The van der Waals surface area contributed by atoms with Crippen LogP contribution in [0.15, 0.2) is 124 Å². The Labute approximate surface area is 295 Å². The molecule has 0 fully saturated rings. The third-order valence-corrected chi connectivity index (χ3v) is 10.6. The summed E-state index contributed by atoms with van der Waals surface area (Å²) < 4.78 is 9.86. The monoisotopic (exact) mass is 709 g/mol. The van der Waals surface area contributed by atoms with E-state index in [2.05, 4.69) is 4.57 Å². The fourth-order valence-electron chi connectivity index (χ4n) is 6.04. The van der Waals surface area contributed by atoms with E-state index in [9.17, 15) is 9.59 Å². The van der Waals surface area contributed by atoms with Gasteiger partial charge in [-0.25, -0.2) is 9.79 Å². The van der Waals surface area contributed by atoms with Crippen LogP contribution in [0.25, 0.3) is 22.7 Å². The maximum Gasteiger partial charge on any atom is 0.338 e. The number of aromatic nitrogens is 2. The van der Waals surface area contributed by atoms with Crippen molar-refractivity contribution in [2.24, 2.45) is 4.99 Å². The minimum absolute atomic E-state index is 0.193. The molecule has 7 rings (SSSR count). The number of para-hydroxylation sites is 1. The highest BCUT2D eigenvalue weighted by atomic mass is 35.5. The lowest BCUT2D eigenvalue weighted by molar-refractivity contribution is -0.138. The van der Waals surface area contributed by atoms with Gasteiger partial charge in [0.2, 0.25) is 0 Å². The van der Waals surface area contributed by atoms with Gasteiger partial charge >= 0.3 is 5.97 Å². The lowest BCUT2D eigenvalue weighted by Gasteiger charge is -2.26. The van der Waals surface area contributed by atoms with E-state index in [1.165, 1.54) is 11.3 Å². The second-order valence-electron chi connectivity index (χ2n) is 11.2. The second-order valence-corrected chi connectivity index (χ2v) is 13.9. The van der Waals surface area contributed by atoms with Crippen LogP contribution in [-0.2, 0) is 16.1 Å². The SMILES string of the molecule is CCOC(=O)C1=C(c2ccccc2)N=c2s/c(=C/c3cn(Cc4ccc(Cl)cc4Cl)c4ccccc34)c(=O)n2C1c1ccc(SC)cc1. The summed E-state index contributed by atoms with van der Waals surface area (Å²) in [7, 11) is 0. The van der Waals surface area contributed by atoms with Crippen LogP contribution in [0.5, 0.6) is 0 Å². The van der Waals surface area contributed by atoms with Gasteiger partial charge in [0.25, 0.3) is 5.56 Å². The summed E-state index contributed by atoms with van der Waals surface area (Å²) in [5.74, 6) is -0.503. The molecule has 1 aliphatic rings. The van der Waals surface area contributed by atoms with Crippen LogP contribution in [-0.4, -0.2) is 28.0 Å². The molecule has 0 spiro atoms. The summed E-state index contributed by atoms with van der Waals surface area (Å²) >= 11 is 15.6. The Morgan fingerprint density at radius 3 is 2.48 bits per heavy atom. The van der Waals surface area contributed by atoms with Gasteiger partial charge in [-0.3, -0.25) is 9.36 Å². The molecule has 2 aromatic heterocycles. The first-order valence-corrected chi connectivity index (χ1v) is 18.1. The Bertz CT molecular complexity index is 2390. The van der Waals surface area contributed by atoms with Gasteiger partial charge in [0.15, 0.2) is 4.80 Å². The normalized spacial score (nSPS) is 14.7. The van der Waals surface area contributed by atoms with Crippen LogP contribution in [0.4, 0.5) is 0 Å². The smallest absolute Gasteiger partial charge is 0.338 e. The Hall–Kier alpha value is -4.34. The van der Waals surface area contributed by atoms with Gasteiger partial charge in [0.05, 0.1) is 28.5 Å². The van der Waals surface area contributed by atoms with Gasteiger partial charge in [-0.2, -0.15) is 0 Å². The van der Waals surface area contributed by atoms with Gasteiger partial charge in [-0.05, 0) is 60.7 Å². The van der Waals surface area contributed by atoms with Gasteiger partial charge in [-0.1, -0.05) is 101 Å². The summed E-state index contributed by atoms with van der Waals surface area (Å²) in [4.78, 5) is 34.8. The molecule has 0 amide bonds. The molecule has 0 saturated heterocycles. The van der Waals surface area contributed by atoms with Crippen molar-refractivity contribution >= 4 is 74.9 Å². The number of fused-ring (bicyclic) bond motifs is 2. The van der Waals surface area contributed by atoms with E-state index >= 15 is 0 Å². The molecular formula is C38H29Cl2N3O3S2. The van der Waals surface area contributed by atoms with Crippen LogP contribution in [0.3, 0.4) is 0 Å². The number of hydrogen-bond donors (Lipinski definition) is 0. The van der Waals surface area contributed by atoms with Crippen molar-refractivity contribution in [2.75, 3.05) is 12.9 Å². The molecule has 0 N–H and O–H groups in total. The number of ether oxygens (including phenoxy) is 1. The summed E-state index contributed by atoms with van der Waals surface area (Å²) in [6, 6.07) is 30.3. The van der Waals surface area contributed by atoms with E-state index in [0.29, 0.717) is 37.2 Å². The molecule has 0 radical (unpaired) electrons. The van der Waals surface area contributed by atoms with E-state index < -0.39 is 12.0 Å². The molecule has 0 aliphatic carbocycles. The Balaban J connectivity index is 1.44. The highest BCUT2D eigenvalue weighted by molar-refractivity contribution is 7.98. The molecule has 6 nitrogen and oxygen atoms in total. The van der Waals surface area contributed by atoms with Crippen molar-refractivity contribution in [2.45, 2.75) is 24.4 Å². The largest absolute Gasteiger partial charge is 0.463 e. The van der Waals surface area contributed by atoms with Crippen molar-refractivity contribution in [1.82, 2.24) is 9.13 Å². The van der Waals surface area contributed by atoms with Crippen LogP contribution < -0.4 is 14.9 Å². The Morgan fingerprint density at radius 1 is 1.00 bits per heavy atom. The molecule has 4 aromatic carbocycles. The van der Waals surface area contributed by atoms with E-state index in [-0.39, 0.29) is 12.2 Å². The number of carbonyl (C=O) groups excluding carboxylic acids is 1. The van der Waals surface area contributed by atoms with Crippen LogP contribution >= 0.6 is 46.3 Å². The third-order valence-electron chi connectivity index (χ3n) is 8.27. The molecule has 0 saturated carbocycles. The van der Waals surface area contributed by atoms with E-state index in [1.54, 1.807) is 29.3 Å². The quantitative estimate of drug-likeness (QED) is 0.119. The minimum atomic E-state index is -0.734. The summed E-state index contributed by atoms with van der Waals surface area (Å²) in [6.07, 6.45) is 5.96.